The molecule has 3 N–H and O–H groups in total. The van der Waals surface area contributed by atoms with Crippen LogP contribution in [0.25, 0.3) is 0 Å². The molecule has 154 valence electrons. The van der Waals surface area contributed by atoms with E-state index in [4.69, 9.17) is 41.2 Å². The van der Waals surface area contributed by atoms with Crippen molar-refractivity contribution in [2.24, 2.45) is 10.8 Å². The number of anilines is 1. The summed E-state index contributed by atoms with van der Waals surface area (Å²) < 4.78 is 14.1. The molecule has 1 saturated heterocycles. The number of nitrogens with one attached hydrogen (secondary N) is 1. The molecule has 5 nitrogen and oxygen atoms in total. The van der Waals surface area contributed by atoms with E-state index in [1.165, 1.54) is 6.07 Å². The molecule has 29 heavy (non-hydrogen) atoms. The van der Waals surface area contributed by atoms with Crippen LogP contribution in [0.3, 0.4) is 0 Å². The zero-order valence-corrected chi connectivity index (χ0v) is 18.1. The molecule has 1 fully saturated rings. The third-order valence-corrected chi connectivity index (χ3v) is 5.53. The van der Waals surface area contributed by atoms with Gasteiger partial charge in [-0.3, -0.25) is 10.3 Å². The Bertz CT molecular complexity index is 888. The molecular formula is C20H22Cl2FN5S. The molecule has 1 heterocycles. The number of halogens is 3. The van der Waals surface area contributed by atoms with Crippen molar-refractivity contribution in [3.8, 4) is 0 Å². The molecule has 2 aromatic carbocycles. The summed E-state index contributed by atoms with van der Waals surface area (Å²) in [4.78, 5) is 4.51. The highest BCUT2D eigenvalue weighted by Gasteiger charge is 2.18. The van der Waals surface area contributed by atoms with Crippen LogP contribution in [0, 0.1) is 5.82 Å². The normalized spacial score (nSPS) is 15.5. The molecule has 1 aliphatic heterocycles. The molecule has 2 aromatic rings. The first-order chi connectivity index (χ1) is 13.9. The van der Waals surface area contributed by atoms with E-state index in [1.807, 2.05) is 18.2 Å². The van der Waals surface area contributed by atoms with E-state index in [9.17, 15) is 4.39 Å². The Morgan fingerprint density at radius 1 is 1.17 bits per heavy atom. The monoisotopic (exact) mass is 453 g/mol. The standard InChI is InChI=1S/C20H22Cl2FN5S/c21-17-3-1-4-19(23)16(17)13-27-7-2-8-28(10-9-27)15-6-5-14(18(22)11-15)12-25-26-20(24)29/h1,3-6,11-12H,2,7-10,13H2,(H3,24,26,29)/b25-12+. The Morgan fingerprint density at radius 2 is 2.00 bits per heavy atom. The van der Waals surface area contributed by atoms with Crippen LogP contribution in [0.15, 0.2) is 41.5 Å². The average Bonchev–Trinajstić information content (AvgIpc) is 2.91. The molecule has 0 unspecified atom stereocenters. The number of thiocarbonyl (C=S) groups is 1. The van der Waals surface area contributed by atoms with Gasteiger partial charge in [-0.1, -0.05) is 29.3 Å². The third-order valence-electron chi connectivity index (χ3n) is 4.76. The highest BCUT2D eigenvalue weighted by molar-refractivity contribution is 7.80. The summed E-state index contributed by atoms with van der Waals surface area (Å²) in [6.45, 7) is 3.91. The number of hydrazone groups is 1. The number of hydrogen-bond acceptors (Lipinski definition) is 4. The second-order valence-corrected chi connectivity index (χ2v) is 8.01. The van der Waals surface area contributed by atoms with Crippen molar-refractivity contribution in [2.45, 2.75) is 13.0 Å². The van der Waals surface area contributed by atoms with Crippen LogP contribution in [-0.4, -0.2) is 42.4 Å². The predicted octanol–water partition coefficient (Wildman–Crippen LogP) is 4.01. The topological polar surface area (TPSA) is 56.9 Å². The SMILES string of the molecule is NC(=S)N/N=C/c1ccc(N2CCCN(Cc3c(F)cccc3Cl)CC2)cc1Cl. The zero-order valence-electron chi connectivity index (χ0n) is 15.7. The molecule has 0 atom stereocenters. The van der Waals surface area contributed by atoms with Gasteiger partial charge in [-0.25, -0.2) is 4.39 Å². The summed E-state index contributed by atoms with van der Waals surface area (Å²) in [5.41, 5.74) is 10.2. The van der Waals surface area contributed by atoms with Crippen molar-refractivity contribution in [3.63, 3.8) is 0 Å². The second-order valence-electron chi connectivity index (χ2n) is 6.76. The lowest BCUT2D eigenvalue weighted by molar-refractivity contribution is 0.281. The van der Waals surface area contributed by atoms with E-state index in [1.54, 1.807) is 18.3 Å². The van der Waals surface area contributed by atoms with Crippen LogP contribution in [0.5, 0.6) is 0 Å². The largest absolute Gasteiger partial charge is 0.375 e. The van der Waals surface area contributed by atoms with Crippen molar-refractivity contribution in [2.75, 3.05) is 31.1 Å². The molecule has 0 saturated carbocycles. The van der Waals surface area contributed by atoms with Gasteiger partial charge < -0.3 is 10.6 Å². The Hall–Kier alpha value is -1.93. The minimum Gasteiger partial charge on any atom is -0.375 e. The van der Waals surface area contributed by atoms with Crippen LogP contribution in [0.4, 0.5) is 10.1 Å². The van der Waals surface area contributed by atoms with Crippen LogP contribution in [0.2, 0.25) is 10.0 Å². The van der Waals surface area contributed by atoms with Gasteiger partial charge >= 0.3 is 0 Å². The van der Waals surface area contributed by atoms with Gasteiger partial charge in [-0.05, 0) is 49.0 Å². The minimum absolute atomic E-state index is 0.0970. The van der Waals surface area contributed by atoms with E-state index in [0.29, 0.717) is 22.2 Å². The summed E-state index contributed by atoms with van der Waals surface area (Å²) in [5, 5.41) is 5.10. The fraction of sp³-hybridized carbons (Fsp3) is 0.300. The number of benzene rings is 2. The number of hydrogen-bond donors (Lipinski definition) is 2. The summed E-state index contributed by atoms with van der Waals surface area (Å²) in [6, 6.07) is 10.7. The molecule has 0 amide bonds. The molecule has 0 spiro atoms. The number of nitrogens with two attached hydrogens (primary N) is 1. The zero-order chi connectivity index (χ0) is 20.8. The first kappa shape index (κ1) is 21.8. The van der Waals surface area contributed by atoms with Gasteiger partial charge in [-0.15, -0.1) is 0 Å². The molecular weight excluding hydrogens is 432 g/mol. The fourth-order valence-electron chi connectivity index (χ4n) is 3.28. The molecule has 0 radical (unpaired) electrons. The van der Waals surface area contributed by atoms with E-state index in [2.05, 4.69) is 20.3 Å². The van der Waals surface area contributed by atoms with E-state index < -0.39 is 0 Å². The quantitative estimate of drug-likeness (QED) is 0.406. The average molecular weight is 454 g/mol. The van der Waals surface area contributed by atoms with Crippen LogP contribution >= 0.6 is 35.4 Å². The van der Waals surface area contributed by atoms with Crippen molar-refractivity contribution >= 4 is 52.4 Å². The smallest absolute Gasteiger partial charge is 0.184 e. The Morgan fingerprint density at radius 3 is 2.72 bits per heavy atom. The Balaban J connectivity index is 1.64. The number of nitrogens with zero attached hydrogens (tertiary/aromatic N) is 3. The maximum Gasteiger partial charge on any atom is 0.184 e. The lowest BCUT2D eigenvalue weighted by Gasteiger charge is -2.24. The van der Waals surface area contributed by atoms with E-state index in [0.717, 1.165) is 43.9 Å². The van der Waals surface area contributed by atoms with Gasteiger partial charge in [0, 0.05) is 54.6 Å². The van der Waals surface area contributed by atoms with Gasteiger partial charge in [0.25, 0.3) is 0 Å². The number of rotatable bonds is 5. The van der Waals surface area contributed by atoms with Crippen LogP contribution in [-0.2, 0) is 6.54 Å². The van der Waals surface area contributed by atoms with Crippen LogP contribution in [0.1, 0.15) is 17.5 Å². The maximum absolute atomic E-state index is 14.1. The summed E-state index contributed by atoms with van der Waals surface area (Å²) >= 11 is 17.3. The highest BCUT2D eigenvalue weighted by Crippen LogP contribution is 2.25. The van der Waals surface area contributed by atoms with Gasteiger partial charge in [0.05, 0.1) is 11.2 Å². The van der Waals surface area contributed by atoms with Crippen molar-refractivity contribution < 1.29 is 4.39 Å². The molecule has 1 aliphatic rings. The van der Waals surface area contributed by atoms with Gasteiger partial charge in [-0.2, -0.15) is 5.10 Å². The summed E-state index contributed by atoms with van der Waals surface area (Å²) in [5.74, 6) is -0.257. The molecule has 0 aliphatic carbocycles. The second kappa shape index (κ2) is 10.2. The molecule has 0 aromatic heterocycles. The minimum atomic E-state index is -0.257. The molecule has 9 heteroatoms. The van der Waals surface area contributed by atoms with Gasteiger partial charge in [0.1, 0.15) is 5.82 Å². The van der Waals surface area contributed by atoms with Crippen LogP contribution < -0.4 is 16.1 Å². The maximum atomic E-state index is 14.1. The lowest BCUT2D eigenvalue weighted by atomic mass is 10.2. The third kappa shape index (κ3) is 6.02. The van der Waals surface area contributed by atoms with E-state index in [-0.39, 0.29) is 10.9 Å². The van der Waals surface area contributed by atoms with Crippen molar-refractivity contribution in [1.82, 2.24) is 10.3 Å². The predicted molar refractivity (Wildman–Crippen MR) is 122 cm³/mol. The first-order valence-electron chi connectivity index (χ1n) is 9.22. The van der Waals surface area contributed by atoms with Crippen molar-refractivity contribution in [1.29, 1.82) is 0 Å². The molecule has 3 rings (SSSR count). The van der Waals surface area contributed by atoms with Gasteiger partial charge in [0.15, 0.2) is 5.11 Å². The Labute approximate surface area is 185 Å². The lowest BCUT2D eigenvalue weighted by Crippen LogP contribution is -2.30. The summed E-state index contributed by atoms with van der Waals surface area (Å²) in [6.07, 6.45) is 2.54. The van der Waals surface area contributed by atoms with Crippen molar-refractivity contribution in [3.05, 3.63) is 63.4 Å². The van der Waals surface area contributed by atoms with E-state index >= 15 is 0 Å². The van der Waals surface area contributed by atoms with Gasteiger partial charge in [0.2, 0.25) is 0 Å². The Kier molecular flexibility index (Phi) is 7.66. The first-order valence-corrected chi connectivity index (χ1v) is 10.4. The molecule has 0 bridgehead atoms. The summed E-state index contributed by atoms with van der Waals surface area (Å²) in [7, 11) is 0. The fourth-order valence-corrected chi connectivity index (χ4v) is 3.78. The highest BCUT2D eigenvalue weighted by atomic mass is 35.5.